The van der Waals surface area contributed by atoms with Crippen LogP contribution in [0.3, 0.4) is 0 Å². The molecule has 0 fully saturated rings. The van der Waals surface area contributed by atoms with Crippen molar-refractivity contribution < 1.29 is 9.53 Å². The van der Waals surface area contributed by atoms with Crippen LogP contribution in [0, 0.1) is 0 Å². The molecule has 0 aliphatic carbocycles. The molecular formula is C18H19N3O2. The molecule has 0 bridgehead atoms. The second-order valence-electron chi connectivity index (χ2n) is 4.76. The quantitative estimate of drug-likeness (QED) is 0.644. The fraction of sp³-hybridized carbons (Fsp3) is 0.167. The van der Waals surface area contributed by atoms with Crippen molar-refractivity contribution in [1.82, 2.24) is 0 Å². The number of ether oxygens (including phenoxy) is 1. The van der Waals surface area contributed by atoms with Gasteiger partial charge in [-0.2, -0.15) is 0 Å². The number of nitrogens with one attached hydrogen (secondary N) is 1. The van der Waals surface area contributed by atoms with Crippen molar-refractivity contribution in [3.63, 3.8) is 0 Å². The predicted molar refractivity (Wildman–Crippen MR) is 94.6 cm³/mol. The van der Waals surface area contributed by atoms with Crippen molar-refractivity contribution >= 4 is 36.0 Å². The highest BCUT2D eigenvalue weighted by Crippen LogP contribution is 2.35. The van der Waals surface area contributed by atoms with Crippen LogP contribution in [0.15, 0.2) is 52.4 Å². The molecule has 23 heavy (non-hydrogen) atoms. The molecule has 0 spiro atoms. The summed E-state index contributed by atoms with van der Waals surface area (Å²) in [4.78, 5) is 19.8. The minimum Gasteiger partial charge on any atom is -0.465 e. The molecule has 0 unspecified atom stereocenters. The Hall–Kier alpha value is -2.95. The number of hydrogen-bond acceptors (Lipinski definition) is 5. The fourth-order valence-corrected chi connectivity index (χ4v) is 2.14. The number of nitrogens with zero attached hydrogens (tertiary/aromatic N) is 2. The Kier molecular flexibility index (Phi) is 5.63. The SMILES string of the molecule is C=Nc1cccc(NCc2ccc(C(=O)OC)cc2)c1/N=C\C. The maximum absolute atomic E-state index is 11.4. The lowest BCUT2D eigenvalue weighted by atomic mass is 10.1. The van der Waals surface area contributed by atoms with E-state index in [4.69, 9.17) is 0 Å². The number of benzene rings is 2. The van der Waals surface area contributed by atoms with Crippen LogP contribution in [0.25, 0.3) is 0 Å². The summed E-state index contributed by atoms with van der Waals surface area (Å²) in [5.74, 6) is -0.339. The van der Waals surface area contributed by atoms with E-state index in [2.05, 4.69) is 26.8 Å². The molecule has 0 atom stereocenters. The molecule has 0 aliphatic heterocycles. The normalized spacial score (nSPS) is 10.5. The lowest BCUT2D eigenvalue weighted by molar-refractivity contribution is 0.0600. The molecule has 0 saturated carbocycles. The van der Waals surface area contributed by atoms with Gasteiger partial charge in [0.1, 0.15) is 5.69 Å². The van der Waals surface area contributed by atoms with Gasteiger partial charge in [0.05, 0.1) is 24.0 Å². The zero-order chi connectivity index (χ0) is 16.7. The van der Waals surface area contributed by atoms with Crippen LogP contribution in [-0.2, 0) is 11.3 Å². The molecule has 2 rings (SSSR count). The Balaban J connectivity index is 2.15. The Morgan fingerprint density at radius 3 is 2.61 bits per heavy atom. The van der Waals surface area contributed by atoms with Gasteiger partial charge in [-0.25, -0.2) is 4.79 Å². The third kappa shape index (κ3) is 4.03. The third-order valence-corrected chi connectivity index (χ3v) is 3.30. The second-order valence-corrected chi connectivity index (χ2v) is 4.76. The molecule has 0 heterocycles. The second kappa shape index (κ2) is 7.89. The smallest absolute Gasteiger partial charge is 0.337 e. The minimum absolute atomic E-state index is 0.339. The van der Waals surface area contributed by atoms with E-state index in [0.717, 1.165) is 22.6 Å². The highest BCUT2D eigenvalue weighted by molar-refractivity contribution is 5.89. The van der Waals surface area contributed by atoms with Crippen molar-refractivity contribution in [2.75, 3.05) is 12.4 Å². The molecule has 1 N–H and O–H groups in total. The average Bonchev–Trinajstić information content (AvgIpc) is 2.60. The summed E-state index contributed by atoms with van der Waals surface area (Å²) >= 11 is 0. The number of hydrogen-bond donors (Lipinski definition) is 1. The van der Waals surface area contributed by atoms with E-state index in [9.17, 15) is 4.79 Å². The highest BCUT2D eigenvalue weighted by atomic mass is 16.5. The van der Waals surface area contributed by atoms with Crippen LogP contribution in [0.5, 0.6) is 0 Å². The van der Waals surface area contributed by atoms with Gasteiger partial charge < -0.3 is 10.1 Å². The van der Waals surface area contributed by atoms with Crippen LogP contribution in [-0.4, -0.2) is 26.0 Å². The van der Waals surface area contributed by atoms with E-state index in [1.54, 1.807) is 18.3 Å². The topological polar surface area (TPSA) is 63.0 Å². The molecule has 0 radical (unpaired) electrons. The molecule has 5 nitrogen and oxygen atoms in total. The maximum Gasteiger partial charge on any atom is 0.337 e. The van der Waals surface area contributed by atoms with Crippen LogP contribution >= 0.6 is 0 Å². The first-order valence-corrected chi connectivity index (χ1v) is 7.19. The Labute approximate surface area is 135 Å². The number of carbonyl (C=O) groups is 1. The standard InChI is InChI=1S/C18H19N3O2/c1-4-20-17-15(19-2)6-5-7-16(17)21-12-13-8-10-14(11-9-13)18(22)23-3/h4-11,21H,2,12H2,1,3H3/b20-4-. The molecule has 118 valence electrons. The van der Waals surface area contributed by atoms with Gasteiger partial charge in [-0.15, -0.1) is 0 Å². The van der Waals surface area contributed by atoms with Crippen molar-refractivity contribution in [2.45, 2.75) is 13.5 Å². The van der Waals surface area contributed by atoms with E-state index in [0.29, 0.717) is 12.1 Å². The van der Waals surface area contributed by atoms with E-state index >= 15 is 0 Å². The molecule has 5 heteroatoms. The number of aliphatic imine (C=N–C) groups is 2. The summed E-state index contributed by atoms with van der Waals surface area (Å²) in [7, 11) is 1.37. The maximum atomic E-state index is 11.4. The minimum atomic E-state index is -0.339. The molecule has 2 aromatic carbocycles. The predicted octanol–water partition coefficient (Wildman–Crippen LogP) is 4.14. The molecular weight excluding hydrogens is 290 g/mol. The summed E-state index contributed by atoms with van der Waals surface area (Å²) < 4.78 is 4.69. The molecule has 0 aromatic heterocycles. The first kappa shape index (κ1) is 16.4. The summed E-state index contributed by atoms with van der Waals surface area (Å²) in [5.41, 5.74) is 3.95. The largest absolute Gasteiger partial charge is 0.465 e. The molecule has 0 aliphatic rings. The Morgan fingerprint density at radius 2 is 2.00 bits per heavy atom. The number of carbonyl (C=O) groups excluding carboxylic acids is 1. The van der Waals surface area contributed by atoms with Gasteiger partial charge in [-0.05, 0) is 43.5 Å². The van der Waals surface area contributed by atoms with E-state index in [1.807, 2.05) is 37.3 Å². The van der Waals surface area contributed by atoms with E-state index in [-0.39, 0.29) is 5.97 Å². The zero-order valence-corrected chi connectivity index (χ0v) is 13.2. The van der Waals surface area contributed by atoms with Gasteiger partial charge in [-0.1, -0.05) is 18.2 Å². The average molecular weight is 309 g/mol. The molecule has 0 amide bonds. The van der Waals surface area contributed by atoms with Gasteiger partial charge in [0, 0.05) is 12.8 Å². The van der Waals surface area contributed by atoms with Crippen LogP contribution in [0.2, 0.25) is 0 Å². The van der Waals surface area contributed by atoms with Crippen molar-refractivity contribution in [3.05, 3.63) is 53.6 Å². The van der Waals surface area contributed by atoms with Gasteiger partial charge in [-0.3, -0.25) is 9.98 Å². The number of rotatable bonds is 6. The van der Waals surface area contributed by atoms with Crippen molar-refractivity contribution in [1.29, 1.82) is 0 Å². The molecule has 0 saturated heterocycles. The summed E-state index contributed by atoms with van der Waals surface area (Å²) in [6.45, 7) is 6.03. The van der Waals surface area contributed by atoms with E-state index in [1.165, 1.54) is 7.11 Å². The molecule has 2 aromatic rings. The van der Waals surface area contributed by atoms with E-state index < -0.39 is 0 Å². The van der Waals surface area contributed by atoms with Crippen LogP contribution < -0.4 is 5.32 Å². The highest BCUT2D eigenvalue weighted by Gasteiger charge is 2.07. The van der Waals surface area contributed by atoms with Gasteiger partial charge in [0.25, 0.3) is 0 Å². The summed E-state index contributed by atoms with van der Waals surface area (Å²) in [6.07, 6.45) is 1.72. The first-order chi connectivity index (χ1) is 11.2. The number of esters is 1. The zero-order valence-electron chi connectivity index (χ0n) is 13.2. The summed E-state index contributed by atoms with van der Waals surface area (Å²) in [6, 6.07) is 13.0. The number of anilines is 1. The number of methoxy groups -OCH3 is 1. The Morgan fingerprint density at radius 1 is 1.26 bits per heavy atom. The van der Waals surface area contributed by atoms with Crippen LogP contribution in [0.1, 0.15) is 22.8 Å². The van der Waals surface area contributed by atoms with Gasteiger partial charge in [0.15, 0.2) is 0 Å². The first-order valence-electron chi connectivity index (χ1n) is 7.19. The Bertz CT molecular complexity index is 722. The van der Waals surface area contributed by atoms with Crippen molar-refractivity contribution in [2.24, 2.45) is 9.98 Å². The monoisotopic (exact) mass is 309 g/mol. The third-order valence-electron chi connectivity index (χ3n) is 3.30. The van der Waals surface area contributed by atoms with Crippen LogP contribution in [0.4, 0.5) is 17.1 Å². The summed E-state index contributed by atoms with van der Waals surface area (Å²) in [5, 5.41) is 3.33. The van der Waals surface area contributed by atoms with Gasteiger partial charge >= 0.3 is 5.97 Å². The van der Waals surface area contributed by atoms with Gasteiger partial charge in [0.2, 0.25) is 0 Å². The lowest BCUT2D eigenvalue weighted by Crippen LogP contribution is -2.03. The lowest BCUT2D eigenvalue weighted by Gasteiger charge is -2.11. The van der Waals surface area contributed by atoms with Crippen molar-refractivity contribution in [3.8, 4) is 0 Å². The number of para-hydroxylation sites is 1. The fourth-order valence-electron chi connectivity index (χ4n) is 2.14.